The molecule has 0 atom stereocenters. The van der Waals surface area contributed by atoms with Gasteiger partial charge >= 0.3 is 6.18 Å². The number of ether oxygens (including phenoxy) is 2. The Balaban J connectivity index is 3.05. The van der Waals surface area contributed by atoms with Crippen LogP contribution in [0.4, 0.5) is 13.2 Å². The SMILES string of the molecule is COc1cccc(C(=N)N)c1OCC(F)(F)F. The number of rotatable bonds is 4. The van der Waals surface area contributed by atoms with Gasteiger partial charge in [-0.25, -0.2) is 0 Å². The van der Waals surface area contributed by atoms with Gasteiger partial charge in [0.15, 0.2) is 18.1 Å². The van der Waals surface area contributed by atoms with Crippen molar-refractivity contribution in [2.24, 2.45) is 5.73 Å². The number of alkyl halides is 3. The fraction of sp³-hybridized carbons (Fsp3) is 0.300. The molecule has 0 saturated heterocycles. The fourth-order valence-electron chi connectivity index (χ4n) is 1.19. The van der Waals surface area contributed by atoms with Crippen molar-refractivity contribution >= 4 is 5.84 Å². The quantitative estimate of drug-likeness (QED) is 0.631. The number of nitrogen functional groups attached to an aromatic ring is 1. The number of benzene rings is 1. The maximum Gasteiger partial charge on any atom is 0.422 e. The molecule has 0 heterocycles. The average Bonchev–Trinajstić information content (AvgIpc) is 2.24. The lowest BCUT2D eigenvalue weighted by molar-refractivity contribution is -0.153. The molecule has 0 bridgehead atoms. The molecule has 0 aromatic heterocycles. The van der Waals surface area contributed by atoms with Crippen LogP contribution < -0.4 is 15.2 Å². The van der Waals surface area contributed by atoms with E-state index in [0.717, 1.165) is 0 Å². The van der Waals surface area contributed by atoms with Crippen LogP contribution in [0.3, 0.4) is 0 Å². The molecule has 1 rings (SSSR count). The van der Waals surface area contributed by atoms with Gasteiger partial charge in [-0.05, 0) is 12.1 Å². The highest BCUT2D eigenvalue weighted by molar-refractivity contribution is 5.98. The van der Waals surface area contributed by atoms with E-state index in [4.69, 9.17) is 15.9 Å². The van der Waals surface area contributed by atoms with E-state index in [2.05, 4.69) is 4.74 Å². The van der Waals surface area contributed by atoms with Gasteiger partial charge in [0.1, 0.15) is 5.84 Å². The van der Waals surface area contributed by atoms with Gasteiger partial charge in [-0.2, -0.15) is 13.2 Å². The summed E-state index contributed by atoms with van der Waals surface area (Å²) < 4.78 is 45.6. The second-order valence-corrected chi connectivity index (χ2v) is 3.15. The minimum atomic E-state index is -4.46. The van der Waals surface area contributed by atoms with Crippen molar-refractivity contribution in [2.75, 3.05) is 13.7 Å². The van der Waals surface area contributed by atoms with Crippen LogP contribution in [-0.4, -0.2) is 25.7 Å². The molecule has 0 saturated carbocycles. The van der Waals surface area contributed by atoms with Crippen molar-refractivity contribution in [3.05, 3.63) is 23.8 Å². The molecule has 17 heavy (non-hydrogen) atoms. The maximum atomic E-state index is 12.1. The van der Waals surface area contributed by atoms with Crippen LogP contribution in [0, 0.1) is 5.41 Å². The molecule has 4 nitrogen and oxygen atoms in total. The fourth-order valence-corrected chi connectivity index (χ4v) is 1.19. The van der Waals surface area contributed by atoms with E-state index in [0.29, 0.717) is 0 Å². The zero-order valence-electron chi connectivity index (χ0n) is 8.97. The third-order valence-electron chi connectivity index (χ3n) is 1.87. The predicted octanol–water partition coefficient (Wildman–Crippen LogP) is 1.92. The van der Waals surface area contributed by atoms with Crippen LogP contribution in [0.25, 0.3) is 0 Å². The molecule has 0 amide bonds. The summed E-state index contributed by atoms with van der Waals surface area (Å²) in [6, 6.07) is 4.32. The van der Waals surface area contributed by atoms with Gasteiger partial charge in [0.2, 0.25) is 0 Å². The lowest BCUT2D eigenvalue weighted by Crippen LogP contribution is -2.21. The van der Waals surface area contributed by atoms with Crippen LogP contribution in [0.1, 0.15) is 5.56 Å². The van der Waals surface area contributed by atoms with E-state index in [1.165, 1.54) is 25.3 Å². The Labute approximate surface area is 95.6 Å². The number of halogens is 3. The van der Waals surface area contributed by atoms with Crippen LogP contribution in [0.2, 0.25) is 0 Å². The zero-order chi connectivity index (χ0) is 13.1. The Hall–Kier alpha value is -1.92. The maximum absolute atomic E-state index is 12.1. The molecular formula is C10H11F3N2O2. The number of nitrogens with two attached hydrogens (primary N) is 1. The van der Waals surface area contributed by atoms with Crippen molar-refractivity contribution in [3.63, 3.8) is 0 Å². The topological polar surface area (TPSA) is 68.3 Å². The molecular weight excluding hydrogens is 237 g/mol. The molecule has 1 aromatic rings. The highest BCUT2D eigenvalue weighted by Gasteiger charge is 2.29. The molecule has 94 valence electrons. The summed E-state index contributed by atoms with van der Waals surface area (Å²) in [6.45, 7) is -1.46. The summed E-state index contributed by atoms with van der Waals surface area (Å²) in [5, 5.41) is 7.24. The Morgan fingerprint density at radius 3 is 2.53 bits per heavy atom. The van der Waals surface area contributed by atoms with E-state index in [-0.39, 0.29) is 22.9 Å². The smallest absolute Gasteiger partial charge is 0.422 e. The monoisotopic (exact) mass is 248 g/mol. The standard InChI is InChI=1S/C10H11F3N2O2/c1-16-7-4-2-3-6(9(14)15)8(7)17-5-10(11,12)13/h2-4H,5H2,1H3,(H3,14,15). The van der Waals surface area contributed by atoms with Crippen molar-refractivity contribution < 1.29 is 22.6 Å². The molecule has 0 aliphatic rings. The molecule has 3 N–H and O–H groups in total. The Kier molecular flexibility index (Phi) is 3.82. The normalized spacial score (nSPS) is 11.1. The highest BCUT2D eigenvalue weighted by atomic mass is 19.4. The zero-order valence-corrected chi connectivity index (χ0v) is 8.97. The predicted molar refractivity (Wildman–Crippen MR) is 55.6 cm³/mol. The lowest BCUT2D eigenvalue weighted by Gasteiger charge is -2.15. The van der Waals surface area contributed by atoms with Crippen molar-refractivity contribution in [1.82, 2.24) is 0 Å². The number of amidine groups is 1. The third kappa shape index (κ3) is 3.54. The summed E-state index contributed by atoms with van der Waals surface area (Å²) in [4.78, 5) is 0. The summed E-state index contributed by atoms with van der Waals surface area (Å²) in [6.07, 6.45) is -4.46. The minimum absolute atomic E-state index is 0.0635. The molecule has 0 unspecified atom stereocenters. The number of para-hydroxylation sites is 1. The van der Waals surface area contributed by atoms with Gasteiger partial charge in [-0.15, -0.1) is 0 Å². The molecule has 0 fully saturated rings. The van der Waals surface area contributed by atoms with Gasteiger partial charge < -0.3 is 15.2 Å². The number of methoxy groups -OCH3 is 1. The van der Waals surface area contributed by atoms with Gasteiger partial charge in [-0.3, -0.25) is 5.41 Å². The minimum Gasteiger partial charge on any atom is -0.493 e. The first kappa shape index (κ1) is 13.1. The Morgan fingerprint density at radius 2 is 2.06 bits per heavy atom. The van der Waals surface area contributed by atoms with E-state index in [1.54, 1.807) is 0 Å². The molecule has 0 aliphatic carbocycles. The first-order valence-corrected chi connectivity index (χ1v) is 4.56. The summed E-state index contributed by atoms with van der Waals surface area (Å²) in [5.41, 5.74) is 5.31. The first-order chi connectivity index (χ1) is 7.85. The molecule has 7 heteroatoms. The summed E-state index contributed by atoms with van der Waals surface area (Å²) in [5.74, 6) is -0.470. The third-order valence-corrected chi connectivity index (χ3v) is 1.87. The van der Waals surface area contributed by atoms with Crippen LogP contribution in [0.5, 0.6) is 11.5 Å². The molecule has 0 aliphatic heterocycles. The second kappa shape index (κ2) is 4.94. The summed E-state index contributed by atoms with van der Waals surface area (Å²) >= 11 is 0. The van der Waals surface area contributed by atoms with E-state index in [1.807, 2.05) is 0 Å². The van der Waals surface area contributed by atoms with Crippen LogP contribution in [0.15, 0.2) is 18.2 Å². The first-order valence-electron chi connectivity index (χ1n) is 4.56. The van der Waals surface area contributed by atoms with Gasteiger partial charge in [0, 0.05) is 0 Å². The second-order valence-electron chi connectivity index (χ2n) is 3.15. The van der Waals surface area contributed by atoms with Crippen LogP contribution >= 0.6 is 0 Å². The van der Waals surface area contributed by atoms with Gasteiger partial charge in [-0.1, -0.05) is 6.07 Å². The van der Waals surface area contributed by atoms with Crippen LogP contribution in [-0.2, 0) is 0 Å². The van der Waals surface area contributed by atoms with E-state index in [9.17, 15) is 13.2 Å². The molecule has 0 radical (unpaired) electrons. The average molecular weight is 248 g/mol. The lowest BCUT2D eigenvalue weighted by atomic mass is 10.1. The van der Waals surface area contributed by atoms with E-state index < -0.39 is 12.8 Å². The number of nitrogens with one attached hydrogen (secondary N) is 1. The molecule has 0 spiro atoms. The van der Waals surface area contributed by atoms with Crippen molar-refractivity contribution in [3.8, 4) is 11.5 Å². The number of hydrogen-bond acceptors (Lipinski definition) is 3. The Morgan fingerprint density at radius 1 is 1.41 bits per heavy atom. The van der Waals surface area contributed by atoms with Gasteiger partial charge in [0.05, 0.1) is 12.7 Å². The number of hydrogen-bond donors (Lipinski definition) is 2. The summed E-state index contributed by atoms with van der Waals surface area (Å²) in [7, 11) is 1.29. The Bertz CT molecular complexity index is 419. The van der Waals surface area contributed by atoms with E-state index >= 15 is 0 Å². The van der Waals surface area contributed by atoms with Crippen molar-refractivity contribution in [1.29, 1.82) is 5.41 Å². The highest BCUT2D eigenvalue weighted by Crippen LogP contribution is 2.32. The largest absolute Gasteiger partial charge is 0.493 e. The van der Waals surface area contributed by atoms with Crippen molar-refractivity contribution in [2.45, 2.75) is 6.18 Å². The van der Waals surface area contributed by atoms with Gasteiger partial charge in [0.25, 0.3) is 0 Å². The molecule has 1 aromatic carbocycles.